The molecule has 4 nitrogen and oxygen atoms in total. The van der Waals surface area contributed by atoms with Crippen molar-refractivity contribution in [3.05, 3.63) is 0 Å². The fourth-order valence-corrected chi connectivity index (χ4v) is 2.72. The molecule has 16 heavy (non-hydrogen) atoms. The Balaban J connectivity index is 2.04. The third kappa shape index (κ3) is 2.09. The summed E-state index contributed by atoms with van der Waals surface area (Å²) in [5.41, 5.74) is -0.142. The van der Waals surface area contributed by atoms with Crippen molar-refractivity contribution in [2.24, 2.45) is 5.41 Å². The van der Waals surface area contributed by atoms with Gasteiger partial charge in [0.25, 0.3) is 0 Å². The molecule has 2 saturated heterocycles. The molecule has 4 heteroatoms. The minimum absolute atomic E-state index is 0.142. The molecule has 92 valence electrons. The molecule has 0 aromatic rings. The molecule has 2 fully saturated rings. The van der Waals surface area contributed by atoms with Gasteiger partial charge in [0.05, 0.1) is 18.1 Å². The van der Waals surface area contributed by atoms with Crippen LogP contribution in [-0.2, 0) is 9.53 Å². The molecule has 0 saturated carbocycles. The maximum atomic E-state index is 12.5. The molecule has 2 heterocycles. The first-order valence-electron chi connectivity index (χ1n) is 6.30. The van der Waals surface area contributed by atoms with E-state index in [4.69, 9.17) is 4.74 Å². The van der Waals surface area contributed by atoms with E-state index < -0.39 is 0 Å². The molecular weight excluding hydrogens is 204 g/mol. The normalized spacial score (nSPS) is 35.4. The fourth-order valence-electron chi connectivity index (χ4n) is 2.72. The third-order valence-electron chi connectivity index (χ3n) is 3.90. The first-order valence-corrected chi connectivity index (χ1v) is 6.30. The number of nitrogens with one attached hydrogen (secondary N) is 1. The monoisotopic (exact) mass is 226 g/mol. The summed E-state index contributed by atoms with van der Waals surface area (Å²) in [6, 6.07) is 0. The lowest BCUT2D eigenvalue weighted by Gasteiger charge is -2.37. The predicted molar refractivity (Wildman–Crippen MR) is 62.2 cm³/mol. The van der Waals surface area contributed by atoms with Crippen molar-refractivity contribution in [1.82, 2.24) is 10.2 Å². The van der Waals surface area contributed by atoms with Crippen LogP contribution in [0.2, 0.25) is 0 Å². The fraction of sp³-hybridized carbons (Fsp3) is 0.917. The highest BCUT2D eigenvalue weighted by molar-refractivity contribution is 5.83. The van der Waals surface area contributed by atoms with Crippen LogP contribution in [0.25, 0.3) is 0 Å². The van der Waals surface area contributed by atoms with Crippen molar-refractivity contribution in [2.75, 3.05) is 32.8 Å². The van der Waals surface area contributed by atoms with Gasteiger partial charge in [-0.3, -0.25) is 4.79 Å². The summed E-state index contributed by atoms with van der Waals surface area (Å²) >= 11 is 0. The first-order chi connectivity index (χ1) is 7.68. The molecule has 0 bridgehead atoms. The molecule has 1 amide bonds. The summed E-state index contributed by atoms with van der Waals surface area (Å²) in [7, 11) is 0. The summed E-state index contributed by atoms with van der Waals surface area (Å²) in [4.78, 5) is 14.5. The number of morpholine rings is 1. The van der Waals surface area contributed by atoms with Crippen LogP contribution in [0.5, 0.6) is 0 Å². The Labute approximate surface area is 97.3 Å². The third-order valence-corrected chi connectivity index (χ3v) is 3.90. The van der Waals surface area contributed by atoms with E-state index in [9.17, 15) is 4.79 Å². The van der Waals surface area contributed by atoms with Crippen molar-refractivity contribution >= 4 is 5.91 Å². The van der Waals surface area contributed by atoms with Crippen molar-refractivity contribution in [3.8, 4) is 0 Å². The summed E-state index contributed by atoms with van der Waals surface area (Å²) in [5.74, 6) is 0.329. The maximum absolute atomic E-state index is 12.5. The van der Waals surface area contributed by atoms with Crippen LogP contribution in [0.3, 0.4) is 0 Å². The van der Waals surface area contributed by atoms with Crippen molar-refractivity contribution < 1.29 is 9.53 Å². The zero-order valence-corrected chi connectivity index (χ0v) is 10.3. The molecule has 0 aromatic heterocycles. The van der Waals surface area contributed by atoms with Gasteiger partial charge in [0, 0.05) is 19.6 Å². The van der Waals surface area contributed by atoms with Crippen LogP contribution in [0, 0.1) is 5.41 Å². The van der Waals surface area contributed by atoms with E-state index in [0.717, 1.165) is 39.0 Å². The van der Waals surface area contributed by atoms with Gasteiger partial charge in [0.1, 0.15) is 0 Å². The van der Waals surface area contributed by atoms with Crippen molar-refractivity contribution in [3.63, 3.8) is 0 Å². The average Bonchev–Trinajstić information content (AvgIpc) is 2.78. The summed E-state index contributed by atoms with van der Waals surface area (Å²) in [5, 5.41) is 3.32. The van der Waals surface area contributed by atoms with Crippen LogP contribution in [0.15, 0.2) is 0 Å². The molecule has 2 rings (SSSR count). The molecule has 0 spiro atoms. The number of rotatable bonds is 2. The van der Waals surface area contributed by atoms with Crippen LogP contribution in [0.1, 0.15) is 26.7 Å². The number of ether oxygens (including phenoxy) is 1. The molecule has 0 radical (unpaired) electrons. The Morgan fingerprint density at radius 1 is 1.62 bits per heavy atom. The zero-order chi connectivity index (χ0) is 11.6. The van der Waals surface area contributed by atoms with E-state index in [1.165, 1.54) is 0 Å². The second kappa shape index (κ2) is 4.72. The Morgan fingerprint density at radius 3 is 3.00 bits per heavy atom. The van der Waals surface area contributed by atoms with Gasteiger partial charge in [-0.15, -0.1) is 0 Å². The molecule has 2 atom stereocenters. The number of amides is 1. The van der Waals surface area contributed by atoms with E-state index in [2.05, 4.69) is 12.2 Å². The second-order valence-corrected chi connectivity index (χ2v) is 4.99. The lowest BCUT2D eigenvalue weighted by atomic mass is 9.82. The van der Waals surface area contributed by atoms with E-state index in [0.29, 0.717) is 12.5 Å². The number of carbonyl (C=O) groups is 1. The Hall–Kier alpha value is -0.610. The minimum Gasteiger partial charge on any atom is -0.375 e. The van der Waals surface area contributed by atoms with Gasteiger partial charge < -0.3 is 15.0 Å². The molecular formula is C12H22N2O2. The summed E-state index contributed by atoms with van der Waals surface area (Å²) in [6.45, 7) is 8.15. The Bertz CT molecular complexity index is 262. The molecule has 1 N–H and O–H groups in total. The highest BCUT2D eigenvalue weighted by Crippen LogP contribution is 2.32. The van der Waals surface area contributed by atoms with Crippen molar-refractivity contribution in [2.45, 2.75) is 32.8 Å². The summed E-state index contributed by atoms with van der Waals surface area (Å²) in [6.07, 6.45) is 2.10. The van der Waals surface area contributed by atoms with Crippen LogP contribution in [-0.4, -0.2) is 49.7 Å². The second-order valence-electron chi connectivity index (χ2n) is 4.99. The van der Waals surface area contributed by atoms with Gasteiger partial charge in [0.15, 0.2) is 0 Å². The number of nitrogens with zero attached hydrogens (tertiary/aromatic N) is 1. The lowest BCUT2D eigenvalue weighted by Crippen LogP contribution is -2.51. The maximum Gasteiger partial charge on any atom is 0.230 e. The van der Waals surface area contributed by atoms with E-state index >= 15 is 0 Å². The van der Waals surface area contributed by atoms with E-state index in [-0.39, 0.29) is 11.5 Å². The standard InChI is InChI=1S/C12H22N2O2/c1-3-12(4-5-13-9-12)11(15)14-6-7-16-10(2)8-14/h10,13H,3-9H2,1-2H3. The quantitative estimate of drug-likeness (QED) is 0.750. The number of hydrogen-bond donors (Lipinski definition) is 1. The number of hydrogen-bond acceptors (Lipinski definition) is 3. The predicted octanol–water partition coefficient (Wildman–Crippen LogP) is 0.623. The van der Waals surface area contributed by atoms with Gasteiger partial charge in [-0.05, 0) is 26.3 Å². The molecule has 0 aromatic carbocycles. The highest BCUT2D eigenvalue weighted by Gasteiger charge is 2.42. The van der Waals surface area contributed by atoms with Crippen molar-refractivity contribution in [1.29, 1.82) is 0 Å². The molecule has 0 aliphatic carbocycles. The largest absolute Gasteiger partial charge is 0.375 e. The van der Waals surface area contributed by atoms with Crippen LogP contribution in [0.4, 0.5) is 0 Å². The average molecular weight is 226 g/mol. The Kier molecular flexibility index (Phi) is 3.50. The minimum atomic E-state index is -0.142. The van der Waals surface area contributed by atoms with E-state index in [1.54, 1.807) is 0 Å². The van der Waals surface area contributed by atoms with Gasteiger partial charge in [-0.25, -0.2) is 0 Å². The van der Waals surface area contributed by atoms with Gasteiger partial charge in [-0.2, -0.15) is 0 Å². The van der Waals surface area contributed by atoms with Crippen LogP contribution >= 0.6 is 0 Å². The van der Waals surface area contributed by atoms with Gasteiger partial charge in [-0.1, -0.05) is 6.92 Å². The SMILES string of the molecule is CCC1(C(=O)N2CCOC(C)C2)CCNC1. The van der Waals surface area contributed by atoms with Gasteiger partial charge in [0.2, 0.25) is 5.91 Å². The molecule has 2 aliphatic rings. The molecule has 2 aliphatic heterocycles. The topological polar surface area (TPSA) is 41.6 Å². The molecule has 2 unspecified atom stereocenters. The number of carbonyl (C=O) groups excluding carboxylic acids is 1. The lowest BCUT2D eigenvalue weighted by molar-refractivity contribution is -0.148. The summed E-state index contributed by atoms with van der Waals surface area (Å²) < 4.78 is 5.48. The first kappa shape index (κ1) is 11.9. The Morgan fingerprint density at radius 2 is 2.44 bits per heavy atom. The highest BCUT2D eigenvalue weighted by atomic mass is 16.5. The van der Waals surface area contributed by atoms with Crippen LogP contribution < -0.4 is 5.32 Å². The zero-order valence-electron chi connectivity index (χ0n) is 10.3. The van der Waals surface area contributed by atoms with E-state index in [1.807, 2.05) is 11.8 Å². The van der Waals surface area contributed by atoms with Gasteiger partial charge >= 0.3 is 0 Å². The smallest absolute Gasteiger partial charge is 0.230 e.